The minimum absolute atomic E-state index is 0.392. The van der Waals surface area contributed by atoms with Crippen molar-refractivity contribution in [3.05, 3.63) is 29.6 Å². The van der Waals surface area contributed by atoms with Crippen LogP contribution >= 0.6 is 11.8 Å². The van der Waals surface area contributed by atoms with Crippen molar-refractivity contribution in [3.8, 4) is 5.75 Å². The monoisotopic (exact) mass is 368 g/mol. The Morgan fingerprint density at radius 2 is 1.96 bits per heavy atom. The predicted molar refractivity (Wildman–Crippen MR) is 96.8 cm³/mol. The van der Waals surface area contributed by atoms with Crippen molar-refractivity contribution in [2.75, 3.05) is 44.8 Å². The first-order valence-corrected chi connectivity index (χ1v) is 9.87. The lowest BCUT2D eigenvalue weighted by molar-refractivity contribution is -0.144. The molecule has 0 bridgehead atoms. The Hall–Kier alpha value is -1.31. The first kappa shape index (κ1) is 18.5. The van der Waals surface area contributed by atoms with Gasteiger partial charge in [0.1, 0.15) is 17.6 Å². The molecule has 7 heteroatoms. The van der Waals surface area contributed by atoms with Crippen molar-refractivity contribution in [1.82, 2.24) is 9.80 Å². The third-order valence-electron chi connectivity index (χ3n) is 5.15. The number of ether oxygens (including phenoxy) is 1. The van der Waals surface area contributed by atoms with Crippen molar-refractivity contribution in [3.63, 3.8) is 0 Å². The number of carboxylic acids is 1. The molecule has 0 spiro atoms. The van der Waals surface area contributed by atoms with Gasteiger partial charge in [-0.3, -0.25) is 14.6 Å². The highest BCUT2D eigenvalue weighted by Crippen LogP contribution is 2.33. The number of nitrogens with zero attached hydrogens (tertiary/aromatic N) is 2. The second kappa shape index (κ2) is 8.38. The lowest BCUT2D eigenvalue weighted by atomic mass is 9.97. The van der Waals surface area contributed by atoms with Gasteiger partial charge in [-0.15, -0.1) is 0 Å². The van der Waals surface area contributed by atoms with Crippen molar-refractivity contribution < 1.29 is 19.0 Å². The van der Waals surface area contributed by atoms with Crippen LogP contribution in [0, 0.1) is 5.82 Å². The minimum Gasteiger partial charge on any atom is -0.496 e. The van der Waals surface area contributed by atoms with Gasteiger partial charge >= 0.3 is 5.97 Å². The molecule has 2 heterocycles. The van der Waals surface area contributed by atoms with Gasteiger partial charge in [0.05, 0.1) is 7.11 Å². The van der Waals surface area contributed by atoms with Crippen molar-refractivity contribution in [2.45, 2.75) is 24.9 Å². The van der Waals surface area contributed by atoms with Crippen LogP contribution in [0.5, 0.6) is 5.75 Å². The number of carbonyl (C=O) groups is 1. The predicted octanol–water partition coefficient (Wildman–Crippen LogP) is 2.47. The number of hydrogen-bond acceptors (Lipinski definition) is 5. The second-order valence-corrected chi connectivity index (χ2v) is 7.77. The average Bonchev–Trinajstić information content (AvgIpc) is 2.63. The molecule has 2 fully saturated rings. The van der Waals surface area contributed by atoms with Crippen LogP contribution in [0.4, 0.5) is 4.39 Å². The van der Waals surface area contributed by atoms with Gasteiger partial charge in [0.25, 0.3) is 0 Å². The Bertz CT molecular complexity index is 602. The Morgan fingerprint density at radius 1 is 1.28 bits per heavy atom. The Balaban J connectivity index is 1.72. The summed E-state index contributed by atoms with van der Waals surface area (Å²) >= 11 is 2.00. The van der Waals surface area contributed by atoms with Crippen LogP contribution in [0.3, 0.4) is 0 Å². The molecule has 1 atom stereocenters. The van der Waals surface area contributed by atoms with E-state index < -0.39 is 17.8 Å². The molecule has 0 aliphatic carbocycles. The van der Waals surface area contributed by atoms with Gasteiger partial charge in [0.15, 0.2) is 0 Å². The van der Waals surface area contributed by atoms with E-state index in [1.165, 1.54) is 36.8 Å². The third kappa shape index (κ3) is 4.27. The fourth-order valence-corrected chi connectivity index (χ4v) is 4.79. The number of thioether (sulfide) groups is 1. The Morgan fingerprint density at radius 3 is 2.56 bits per heavy atom. The van der Waals surface area contributed by atoms with Crippen LogP contribution < -0.4 is 4.74 Å². The highest BCUT2D eigenvalue weighted by molar-refractivity contribution is 7.99. The number of likely N-dealkylation sites (tertiary alicyclic amines) is 1. The van der Waals surface area contributed by atoms with E-state index in [0.29, 0.717) is 30.4 Å². The van der Waals surface area contributed by atoms with Crippen molar-refractivity contribution >= 4 is 17.7 Å². The smallest absolute Gasteiger partial charge is 0.325 e. The molecule has 0 aromatic heterocycles. The third-order valence-corrected chi connectivity index (χ3v) is 6.09. The molecule has 138 valence electrons. The average molecular weight is 368 g/mol. The summed E-state index contributed by atoms with van der Waals surface area (Å²) in [5.74, 6) is 1.38. The molecule has 1 aromatic carbocycles. The van der Waals surface area contributed by atoms with E-state index in [1.807, 2.05) is 16.7 Å². The topological polar surface area (TPSA) is 53.0 Å². The number of carboxylic acid groups (broad SMARTS) is 1. The summed E-state index contributed by atoms with van der Waals surface area (Å²) < 4.78 is 19.0. The highest BCUT2D eigenvalue weighted by atomic mass is 32.2. The first-order chi connectivity index (χ1) is 12.1. The molecular weight excluding hydrogens is 343 g/mol. The summed E-state index contributed by atoms with van der Waals surface area (Å²) in [6.45, 7) is 3.64. The summed E-state index contributed by atoms with van der Waals surface area (Å²) in [7, 11) is 1.48. The summed E-state index contributed by atoms with van der Waals surface area (Å²) in [4.78, 5) is 16.4. The zero-order chi connectivity index (χ0) is 17.8. The van der Waals surface area contributed by atoms with Crippen molar-refractivity contribution in [1.29, 1.82) is 0 Å². The van der Waals surface area contributed by atoms with Gasteiger partial charge in [0, 0.05) is 49.3 Å². The first-order valence-electron chi connectivity index (χ1n) is 8.72. The van der Waals surface area contributed by atoms with Gasteiger partial charge in [-0.2, -0.15) is 11.8 Å². The van der Waals surface area contributed by atoms with Crippen LogP contribution in [-0.2, 0) is 4.79 Å². The second-order valence-electron chi connectivity index (χ2n) is 6.54. The maximum Gasteiger partial charge on any atom is 0.325 e. The Labute approximate surface area is 152 Å². The van der Waals surface area contributed by atoms with Crippen LogP contribution in [0.2, 0.25) is 0 Å². The van der Waals surface area contributed by atoms with E-state index in [0.717, 1.165) is 25.9 Å². The van der Waals surface area contributed by atoms with Crippen LogP contribution in [0.25, 0.3) is 0 Å². The van der Waals surface area contributed by atoms with Crippen LogP contribution in [-0.4, -0.2) is 71.7 Å². The summed E-state index contributed by atoms with van der Waals surface area (Å²) in [5.41, 5.74) is 0.392. The quantitative estimate of drug-likeness (QED) is 0.862. The lowest BCUT2D eigenvalue weighted by Gasteiger charge is -2.41. The number of rotatable bonds is 5. The summed E-state index contributed by atoms with van der Waals surface area (Å²) in [6, 6.07) is 3.73. The standard InChI is InChI=1S/C18H25FN2O3S/c1-24-16-3-2-13(19)12-15(16)17(18(22)23)21-6-4-14(5-7-21)20-8-10-25-11-9-20/h2-3,12,14,17H,4-11H2,1H3,(H,22,23)/t17-/m1/s1. The van der Waals surface area contributed by atoms with Gasteiger partial charge in [-0.05, 0) is 31.0 Å². The normalized spacial score (nSPS) is 21.8. The van der Waals surface area contributed by atoms with E-state index in [2.05, 4.69) is 4.90 Å². The van der Waals surface area contributed by atoms with Gasteiger partial charge < -0.3 is 9.84 Å². The molecule has 2 aliphatic rings. The maximum atomic E-state index is 13.7. The molecule has 1 N–H and O–H groups in total. The molecule has 0 saturated carbocycles. The SMILES string of the molecule is COc1ccc(F)cc1[C@H](C(=O)O)N1CCC(N2CCSCC2)CC1. The molecule has 0 unspecified atom stereocenters. The zero-order valence-corrected chi connectivity index (χ0v) is 15.3. The molecule has 2 saturated heterocycles. The number of benzene rings is 1. The summed E-state index contributed by atoms with van der Waals surface area (Å²) in [6.07, 6.45) is 1.90. The number of halogens is 1. The van der Waals surface area contributed by atoms with E-state index in [9.17, 15) is 14.3 Å². The molecule has 1 aromatic rings. The van der Waals surface area contributed by atoms with E-state index in [1.54, 1.807) is 0 Å². The number of aliphatic carboxylic acids is 1. The zero-order valence-electron chi connectivity index (χ0n) is 14.5. The number of methoxy groups -OCH3 is 1. The van der Waals surface area contributed by atoms with E-state index in [-0.39, 0.29) is 0 Å². The molecule has 3 rings (SSSR count). The van der Waals surface area contributed by atoms with Crippen LogP contribution in [0.15, 0.2) is 18.2 Å². The number of piperidine rings is 1. The van der Waals surface area contributed by atoms with Gasteiger partial charge in [-0.1, -0.05) is 0 Å². The van der Waals surface area contributed by atoms with Gasteiger partial charge in [0.2, 0.25) is 0 Å². The fourth-order valence-electron chi connectivity index (χ4n) is 3.86. The molecule has 2 aliphatic heterocycles. The van der Waals surface area contributed by atoms with Crippen molar-refractivity contribution in [2.24, 2.45) is 0 Å². The van der Waals surface area contributed by atoms with Crippen LogP contribution in [0.1, 0.15) is 24.4 Å². The highest BCUT2D eigenvalue weighted by Gasteiger charge is 2.34. The molecule has 5 nitrogen and oxygen atoms in total. The minimum atomic E-state index is -0.961. The molecule has 0 amide bonds. The van der Waals surface area contributed by atoms with E-state index in [4.69, 9.17) is 4.74 Å². The molecule has 0 radical (unpaired) electrons. The molecular formula is C18H25FN2O3S. The lowest BCUT2D eigenvalue weighted by Crippen LogP contribution is -2.49. The maximum absolute atomic E-state index is 13.7. The number of hydrogen-bond donors (Lipinski definition) is 1. The van der Waals surface area contributed by atoms with E-state index >= 15 is 0 Å². The largest absolute Gasteiger partial charge is 0.496 e. The molecule has 25 heavy (non-hydrogen) atoms. The van der Waals surface area contributed by atoms with Gasteiger partial charge in [-0.25, -0.2) is 4.39 Å². The fraction of sp³-hybridized carbons (Fsp3) is 0.611. The summed E-state index contributed by atoms with van der Waals surface area (Å²) in [5, 5.41) is 9.77. The Kier molecular flexibility index (Phi) is 6.19.